The quantitative estimate of drug-likeness (QED) is 0.476. The predicted molar refractivity (Wildman–Crippen MR) is 133 cm³/mol. The molecule has 1 aliphatic rings. The van der Waals surface area contributed by atoms with Crippen LogP contribution in [0, 0.1) is 6.92 Å². The number of aryl methyl sites for hydroxylation is 1. The third kappa shape index (κ3) is 4.10. The van der Waals surface area contributed by atoms with Crippen LogP contribution in [0.4, 0.5) is 5.82 Å². The Balaban J connectivity index is 1.45. The Hall–Kier alpha value is -4.19. The number of carbonyl (C=O) groups excluding carboxylic acids is 2. The van der Waals surface area contributed by atoms with E-state index in [-0.39, 0.29) is 11.8 Å². The highest BCUT2D eigenvalue weighted by molar-refractivity contribution is 5.95. The molecule has 0 unspecified atom stereocenters. The van der Waals surface area contributed by atoms with E-state index in [0.717, 1.165) is 28.9 Å². The lowest BCUT2D eigenvalue weighted by atomic mass is 9.99. The molecule has 0 saturated heterocycles. The number of hydrogen-bond donors (Lipinski definition) is 1. The van der Waals surface area contributed by atoms with E-state index in [2.05, 4.69) is 17.4 Å². The molecule has 0 saturated carbocycles. The van der Waals surface area contributed by atoms with Gasteiger partial charge in [-0.25, -0.2) is 4.68 Å². The topological polar surface area (TPSA) is 67.2 Å². The first-order valence-electron chi connectivity index (χ1n) is 11.4. The number of nitrogens with zero attached hydrogens (tertiary/aromatic N) is 3. The van der Waals surface area contributed by atoms with Crippen LogP contribution in [-0.4, -0.2) is 33.0 Å². The van der Waals surface area contributed by atoms with E-state index in [0.29, 0.717) is 24.5 Å². The highest BCUT2D eigenvalue weighted by Gasteiger charge is 2.23. The average molecular weight is 451 g/mol. The van der Waals surface area contributed by atoms with Gasteiger partial charge < -0.3 is 10.2 Å². The van der Waals surface area contributed by atoms with Gasteiger partial charge in [0.2, 0.25) is 5.91 Å². The lowest BCUT2D eigenvalue weighted by Gasteiger charge is -2.29. The number of fused-ring (bicyclic) bond motifs is 1. The van der Waals surface area contributed by atoms with Crippen molar-refractivity contribution in [3.8, 4) is 16.8 Å². The molecular weight excluding hydrogens is 424 g/mol. The molecular formula is C28H26N4O2. The van der Waals surface area contributed by atoms with E-state index < -0.39 is 0 Å². The second kappa shape index (κ2) is 8.98. The number of anilines is 1. The van der Waals surface area contributed by atoms with E-state index in [1.807, 2.05) is 78.6 Å². The molecule has 1 N–H and O–H groups in total. The van der Waals surface area contributed by atoms with Crippen LogP contribution >= 0.6 is 0 Å². The van der Waals surface area contributed by atoms with Gasteiger partial charge in [-0.1, -0.05) is 54.6 Å². The Bertz CT molecular complexity index is 1360. The molecule has 0 spiro atoms. The smallest absolute Gasteiger partial charge is 0.254 e. The summed E-state index contributed by atoms with van der Waals surface area (Å²) in [6.07, 6.45) is 0.870. The van der Waals surface area contributed by atoms with Crippen LogP contribution in [0.1, 0.15) is 34.1 Å². The van der Waals surface area contributed by atoms with E-state index >= 15 is 0 Å². The zero-order valence-corrected chi connectivity index (χ0v) is 19.3. The van der Waals surface area contributed by atoms with Crippen LogP contribution in [0.15, 0.2) is 78.9 Å². The monoisotopic (exact) mass is 450 g/mol. The first kappa shape index (κ1) is 21.6. The van der Waals surface area contributed by atoms with Gasteiger partial charge in [0.05, 0.1) is 11.4 Å². The molecule has 0 atom stereocenters. The molecule has 170 valence electrons. The van der Waals surface area contributed by atoms with Gasteiger partial charge in [0.1, 0.15) is 5.82 Å². The molecule has 0 radical (unpaired) electrons. The maximum Gasteiger partial charge on any atom is 0.254 e. The van der Waals surface area contributed by atoms with E-state index in [4.69, 9.17) is 5.10 Å². The fourth-order valence-electron chi connectivity index (χ4n) is 4.54. The Labute approximate surface area is 198 Å². The van der Waals surface area contributed by atoms with Gasteiger partial charge in [-0.15, -0.1) is 0 Å². The molecule has 0 bridgehead atoms. The van der Waals surface area contributed by atoms with Crippen molar-refractivity contribution >= 4 is 17.6 Å². The van der Waals surface area contributed by atoms with Gasteiger partial charge in [-0.05, 0) is 54.3 Å². The van der Waals surface area contributed by atoms with Crippen molar-refractivity contribution in [1.82, 2.24) is 14.7 Å². The Morgan fingerprint density at radius 1 is 0.882 bits per heavy atom. The van der Waals surface area contributed by atoms with Gasteiger partial charge in [0.15, 0.2) is 0 Å². The molecule has 1 aromatic heterocycles. The van der Waals surface area contributed by atoms with E-state index in [1.165, 1.54) is 18.1 Å². The molecule has 6 nitrogen and oxygen atoms in total. The summed E-state index contributed by atoms with van der Waals surface area (Å²) < 4.78 is 1.73. The molecule has 5 rings (SSSR count). The highest BCUT2D eigenvalue weighted by Crippen LogP contribution is 2.33. The van der Waals surface area contributed by atoms with Crippen molar-refractivity contribution in [2.45, 2.75) is 26.8 Å². The number of nitrogens with one attached hydrogen (secondary N) is 1. The van der Waals surface area contributed by atoms with Crippen molar-refractivity contribution in [2.75, 3.05) is 11.9 Å². The predicted octanol–water partition coefficient (Wildman–Crippen LogP) is 5.00. The molecule has 3 aromatic carbocycles. The zero-order chi connectivity index (χ0) is 23.7. The third-order valence-electron chi connectivity index (χ3n) is 6.19. The highest BCUT2D eigenvalue weighted by atomic mass is 16.2. The largest absolute Gasteiger partial charge is 0.334 e. The first-order chi connectivity index (χ1) is 16.5. The van der Waals surface area contributed by atoms with Crippen LogP contribution in [0.5, 0.6) is 0 Å². The van der Waals surface area contributed by atoms with Crippen LogP contribution < -0.4 is 5.32 Å². The SMILES string of the molecule is CC(=O)Nc1c(-c2ccccc2)c(C)nn1-c1ccc(C(=O)N2CCc3ccccc3C2)cc1. The Kier molecular flexibility index (Phi) is 5.72. The minimum absolute atomic E-state index is 0.0183. The second-order valence-corrected chi connectivity index (χ2v) is 8.56. The standard InChI is InChI=1S/C28H26N4O2/c1-19-26(22-9-4-3-5-10-22)27(29-20(2)33)32(30-19)25-14-12-23(13-15-25)28(34)31-17-16-21-8-6-7-11-24(21)18-31/h3-15H,16-18H2,1-2H3,(H,29,33). The van der Waals surface area contributed by atoms with Gasteiger partial charge in [-0.2, -0.15) is 5.10 Å². The summed E-state index contributed by atoms with van der Waals surface area (Å²) in [5.74, 6) is 0.461. The third-order valence-corrected chi connectivity index (χ3v) is 6.19. The number of benzene rings is 3. The summed E-state index contributed by atoms with van der Waals surface area (Å²) >= 11 is 0. The maximum absolute atomic E-state index is 13.2. The molecule has 0 fully saturated rings. The molecule has 34 heavy (non-hydrogen) atoms. The van der Waals surface area contributed by atoms with Crippen LogP contribution in [0.3, 0.4) is 0 Å². The van der Waals surface area contributed by atoms with Crippen molar-refractivity contribution in [3.63, 3.8) is 0 Å². The molecule has 4 aromatic rings. The first-order valence-corrected chi connectivity index (χ1v) is 11.4. The number of carbonyl (C=O) groups is 2. The zero-order valence-electron chi connectivity index (χ0n) is 19.3. The number of aromatic nitrogens is 2. The molecule has 2 amide bonds. The van der Waals surface area contributed by atoms with Crippen molar-refractivity contribution in [2.24, 2.45) is 0 Å². The Morgan fingerprint density at radius 2 is 1.56 bits per heavy atom. The number of amides is 2. The minimum atomic E-state index is -0.171. The molecule has 6 heteroatoms. The van der Waals surface area contributed by atoms with Gasteiger partial charge in [-0.3, -0.25) is 9.59 Å². The Morgan fingerprint density at radius 3 is 2.26 bits per heavy atom. The average Bonchev–Trinajstić information content (AvgIpc) is 3.18. The molecule has 2 heterocycles. The summed E-state index contributed by atoms with van der Waals surface area (Å²) in [4.78, 5) is 27.0. The summed E-state index contributed by atoms with van der Waals surface area (Å²) in [5, 5.41) is 7.65. The summed E-state index contributed by atoms with van der Waals surface area (Å²) in [7, 11) is 0. The van der Waals surface area contributed by atoms with Crippen LogP contribution in [0.2, 0.25) is 0 Å². The summed E-state index contributed by atoms with van der Waals surface area (Å²) in [6, 6.07) is 25.6. The maximum atomic E-state index is 13.2. The molecule has 0 aliphatic carbocycles. The van der Waals surface area contributed by atoms with Crippen LogP contribution in [-0.2, 0) is 17.8 Å². The normalized spacial score (nSPS) is 12.8. The summed E-state index contributed by atoms with van der Waals surface area (Å²) in [5.41, 5.74) is 6.60. The van der Waals surface area contributed by atoms with Gasteiger partial charge in [0, 0.05) is 31.1 Å². The fourth-order valence-corrected chi connectivity index (χ4v) is 4.54. The van der Waals surface area contributed by atoms with E-state index in [9.17, 15) is 9.59 Å². The van der Waals surface area contributed by atoms with Crippen molar-refractivity contribution in [1.29, 1.82) is 0 Å². The fraction of sp³-hybridized carbons (Fsp3) is 0.179. The minimum Gasteiger partial charge on any atom is -0.334 e. The van der Waals surface area contributed by atoms with Crippen molar-refractivity contribution in [3.05, 3.63) is 101 Å². The number of hydrogen-bond acceptors (Lipinski definition) is 3. The van der Waals surface area contributed by atoms with E-state index in [1.54, 1.807) is 4.68 Å². The molecule has 1 aliphatic heterocycles. The van der Waals surface area contributed by atoms with Gasteiger partial charge >= 0.3 is 0 Å². The van der Waals surface area contributed by atoms with Crippen molar-refractivity contribution < 1.29 is 9.59 Å². The number of rotatable bonds is 4. The lowest BCUT2D eigenvalue weighted by molar-refractivity contribution is -0.114. The summed E-state index contributed by atoms with van der Waals surface area (Å²) in [6.45, 7) is 4.75. The lowest BCUT2D eigenvalue weighted by Crippen LogP contribution is -2.35. The second-order valence-electron chi connectivity index (χ2n) is 8.56. The van der Waals surface area contributed by atoms with Gasteiger partial charge in [0.25, 0.3) is 5.91 Å². The van der Waals surface area contributed by atoms with Crippen LogP contribution in [0.25, 0.3) is 16.8 Å².